The number of ether oxygens (including phenoxy) is 1. The van der Waals surface area contributed by atoms with Gasteiger partial charge in [0.05, 0.1) is 11.1 Å². The molecule has 3 N–H and O–H groups in total. The molecule has 1 aliphatic heterocycles. The smallest absolute Gasteiger partial charge is 0.407 e. The van der Waals surface area contributed by atoms with Crippen molar-refractivity contribution in [3.05, 3.63) is 95.6 Å². The molecule has 0 spiro atoms. The number of anilines is 2. The lowest BCUT2D eigenvalue weighted by Crippen LogP contribution is -2.48. The van der Waals surface area contributed by atoms with Crippen LogP contribution in [0.15, 0.2) is 78.9 Å². The van der Waals surface area contributed by atoms with Crippen LogP contribution in [-0.2, 0) is 20.7 Å². The molecular formula is C31H32N4O6. The molecule has 3 aromatic carbocycles. The monoisotopic (exact) mass is 556 g/mol. The standard InChI is InChI=1S/C31H32N4O6/c1-31(2,3)41-30(40)32-17-16-26(36)33-21-12-9-13-22(19-21)34-27(37)25(18-20-10-5-4-6-11-20)35-28(38)23-14-7-8-15-24(23)29(35)39/h4-15,19,25H,16-18H2,1-3H3,(H,32,40)(H,33,36)(H,34,37). The van der Waals surface area contributed by atoms with E-state index in [4.69, 9.17) is 4.74 Å². The van der Waals surface area contributed by atoms with Crippen LogP contribution in [0.25, 0.3) is 0 Å². The summed E-state index contributed by atoms with van der Waals surface area (Å²) in [6.07, 6.45) is -0.480. The molecule has 10 nitrogen and oxygen atoms in total. The van der Waals surface area contributed by atoms with Crippen LogP contribution in [0.4, 0.5) is 16.2 Å². The molecule has 10 heteroatoms. The number of fused-ring (bicyclic) bond motifs is 1. The molecule has 1 heterocycles. The van der Waals surface area contributed by atoms with Crippen molar-refractivity contribution in [1.82, 2.24) is 10.2 Å². The summed E-state index contributed by atoms with van der Waals surface area (Å²) in [7, 11) is 0. The van der Waals surface area contributed by atoms with Crippen LogP contribution in [0.5, 0.6) is 0 Å². The number of amides is 5. The third kappa shape index (κ3) is 7.57. The number of hydrogen-bond donors (Lipinski definition) is 3. The van der Waals surface area contributed by atoms with Crippen molar-refractivity contribution >= 4 is 41.1 Å². The van der Waals surface area contributed by atoms with Crippen molar-refractivity contribution in [1.29, 1.82) is 0 Å². The van der Waals surface area contributed by atoms with Crippen LogP contribution in [0, 0.1) is 0 Å². The van der Waals surface area contributed by atoms with E-state index in [1.54, 1.807) is 69.3 Å². The molecule has 0 bridgehead atoms. The molecule has 3 aromatic rings. The van der Waals surface area contributed by atoms with Gasteiger partial charge in [0.25, 0.3) is 11.8 Å². The van der Waals surface area contributed by atoms with Crippen molar-refractivity contribution in [2.45, 2.75) is 45.3 Å². The van der Waals surface area contributed by atoms with Gasteiger partial charge in [-0.3, -0.25) is 24.1 Å². The Bertz CT molecular complexity index is 1430. The quantitative estimate of drug-likeness (QED) is 0.335. The zero-order valence-electron chi connectivity index (χ0n) is 23.1. The second-order valence-corrected chi connectivity index (χ2v) is 10.5. The Kier molecular flexibility index (Phi) is 8.81. The first-order valence-corrected chi connectivity index (χ1v) is 13.2. The van der Waals surface area contributed by atoms with E-state index in [1.807, 2.05) is 30.3 Å². The fourth-order valence-corrected chi connectivity index (χ4v) is 4.35. The Morgan fingerprint density at radius 3 is 2.00 bits per heavy atom. The Labute approximate surface area is 238 Å². The molecule has 1 atom stereocenters. The van der Waals surface area contributed by atoms with E-state index >= 15 is 0 Å². The van der Waals surface area contributed by atoms with Gasteiger partial charge in [-0.1, -0.05) is 48.5 Å². The number of benzene rings is 3. The van der Waals surface area contributed by atoms with Gasteiger partial charge < -0.3 is 20.7 Å². The Morgan fingerprint density at radius 1 is 0.805 bits per heavy atom. The zero-order valence-corrected chi connectivity index (χ0v) is 23.1. The maximum absolute atomic E-state index is 13.6. The summed E-state index contributed by atoms with van der Waals surface area (Å²) < 4.78 is 5.15. The average molecular weight is 557 g/mol. The number of rotatable bonds is 9. The van der Waals surface area contributed by atoms with E-state index in [0.717, 1.165) is 10.5 Å². The minimum Gasteiger partial charge on any atom is -0.444 e. The first-order valence-electron chi connectivity index (χ1n) is 13.2. The fraction of sp³-hybridized carbons (Fsp3) is 0.258. The molecule has 1 unspecified atom stereocenters. The van der Waals surface area contributed by atoms with Crippen molar-refractivity contribution in [3.63, 3.8) is 0 Å². The molecular weight excluding hydrogens is 524 g/mol. The highest BCUT2D eigenvalue weighted by molar-refractivity contribution is 6.23. The predicted molar refractivity (Wildman–Crippen MR) is 153 cm³/mol. The van der Waals surface area contributed by atoms with E-state index in [1.165, 1.54) is 0 Å². The van der Waals surface area contributed by atoms with Gasteiger partial charge in [-0.05, 0) is 56.7 Å². The van der Waals surface area contributed by atoms with E-state index < -0.39 is 35.5 Å². The highest BCUT2D eigenvalue weighted by atomic mass is 16.6. The zero-order chi connectivity index (χ0) is 29.6. The minimum absolute atomic E-state index is 0.00865. The molecule has 0 aromatic heterocycles. The Balaban J connectivity index is 1.44. The van der Waals surface area contributed by atoms with Gasteiger partial charge in [-0.2, -0.15) is 0 Å². The van der Waals surface area contributed by atoms with Crippen molar-refractivity contribution in [2.24, 2.45) is 0 Å². The molecule has 5 amide bonds. The van der Waals surface area contributed by atoms with Gasteiger partial charge in [0.15, 0.2) is 0 Å². The fourth-order valence-electron chi connectivity index (χ4n) is 4.35. The third-order valence-electron chi connectivity index (χ3n) is 6.15. The number of carbonyl (C=O) groups excluding carboxylic acids is 5. The van der Waals surface area contributed by atoms with Gasteiger partial charge in [0, 0.05) is 30.8 Å². The number of nitrogens with zero attached hydrogens (tertiary/aromatic N) is 1. The molecule has 0 saturated heterocycles. The van der Waals surface area contributed by atoms with Crippen LogP contribution in [0.1, 0.15) is 53.5 Å². The average Bonchev–Trinajstić information content (AvgIpc) is 3.16. The van der Waals surface area contributed by atoms with E-state index in [2.05, 4.69) is 16.0 Å². The molecule has 4 rings (SSSR count). The number of alkyl carbamates (subject to hydrolysis) is 1. The van der Waals surface area contributed by atoms with Gasteiger partial charge in [-0.25, -0.2) is 4.79 Å². The summed E-state index contributed by atoms with van der Waals surface area (Å²) >= 11 is 0. The summed E-state index contributed by atoms with van der Waals surface area (Å²) in [5, 5.41) is 8.04. The van der Waals surface area contributed by atoms with Crippen LogP contribution < -0.4 is 16.0 Å². The second-order valence-electron chi connectivity index (χ2n) is 10.5. The van der Waals surface area contributed by atoms with Crippen molar-refractivity contribution in [2.75, 3.05) is 17.2 Å². The molecule has 0 radical (unpaired) electrons. The summed E-state index contributed by atoms with van der Waals surface area (Å²) in [5.74, 6) is -1.95. The summed E-state index contributed by atoms with van der Waals surface area (Å²) in [6.45, 7) is 5.32. The lowest BCUT2D eigenvalue weighted by molar-refractivity contribution is -0.120. The SMILES string of the molecule is CC(C)(C)OC(=O)NCCC(=O)Nc1cccc(NC(=O)C(Cc2ccccc2)N2C(=O)c3ccccc3C2=O)c1. The van der Waals surface area contributed by atoms with Gasteiger partial charge in [-0.15, -0.1) is 0 Å². The number of carbonyl (C=O) groups is 5. The van der Waals surface area contributed by atoms with E-state index in [9.17, 15) is 24.0 Å². The maximum Gasteiger partial charge on any atom is 0.407 e. The molecule has 41 heavy (non-hydrogen) atoms. The van der Waals surface area contributed by atoms with E-state index in [0.29, 0.717) is 11.4 Å². The highest BCUT2D eigenvalue weighted by Gasteiger charge is 2.42. The maximum atomic E-state index is 13.6. The Hall–Kier alpha value is -4.99. The van der Waals surface area contributed by atoms with Crippen LogP contribution >= 0.6 is 0 Å². The lowest BCUT2D eigenvalue weighted by atomic mass is 10.0. The Morgan fingerprint density at radius 2 is 1.39 bits per heavy atom. The summed E-state index contributed by atoms with van der Waals surface area (Å²) in [4.78, 5) is 65.2. The van der Waals surface area contributed by atoms with Crippen molar-refractivity contribution in [3.8, 4) is 0 Å². The topological polar surface area (TPSA) is 134 Å². The largest absolute Gasteiger partial charge is 0.444 e. The minimum atomic E-state index is -1.11. The molecule has 1 aliphatic rings. The second kappa shape index (κ2) is 12.5. The molecule has 0 aliphatic carbocycles. The lowest BCUT2D eigenvalue weighted by Gasteiger charge is -2.25. The highest BCUT2D eigenvalue weighted by Crippen LogP contribution is 2.27. The number of imide groups is 1. The van der Waals surface area contributed by atoms with E-state index in [-0.39, 0.29) is 36.4 Å². The molecule has 0 fully saturated rings. The van der Waals surface area contributed by atoms with Gasteiger partial charge >= 0.3 is 6.09 Å². The van der Waals surface area contributed by atoms with Crippen molar-refractivity contribution < 1.29 is 28.7 Å². The number of hydrogen-bond acceptors (Lipinski definition) is 6. The normalized spacial score (nSPS) is 13.3. The predicted octanol–water partition coefficient (Wildman–Crippen LogP) is 4.39. The van der Waals surface area contributed by atoms with Crippen LogP contribution in [-0.4, -0.2) is 52.8 Å². The van der Waals surface area contributed by atoms with Crippen LogP contribution in [0.3, 0.4) is 0 Å². The molecule has 212 valence electrons. The molecule has 0 saturated carbocycles. The number of nitrogens with one attached hydrogen (secondary N) is 3. The third-order valence-corrected chi connectivity index (χ3v) is 6.15. The summed E-state index contributed by atoms with van der Waals surface area (Å²) in [5.41, 5.74) is 1.45. The first kappa shape index (κ1) is 29.0. The first-order chi connectivity index (χ1) is 19.5. The summed E-state index contributed by atoms with van der Waals surface area (Å²) in [6, 6.07) is 21.0. The van der Waals surface area contributed by atoms with Gasteiger partial charge in [0.1, 0.15) is 11.6 Å². The van der Waals surface area contributed by atoms with Crippen LogP contribution in [0.2, 0.25) is 0 Å². The van der Waals surface area contributed by atoms with Gasteiger partial charge in [0.2, 0.25) is 11.8 Å².